The lowest BCUT2D eigenvalue weighted by Crippen LogP contribution is -2.51. The molecule has 7 atom stereocenters. The maximum absolute atomic E-state index is 13.9. The number of nitrogens with zero attached hydrogens (tertiary/aromatic N) is 4. The molecule has 0 saturated carbocycles. The lowest BCUT2D eigenvalue weighted by atomic mass is 9.73. The summed E-state index contributed by atoms with van der Waals surface area (Å²) in [6.45, 7) is 19.9. The first-order valence-corrected chi connectivity index (χ1v) is 26.8. The van der Waals surface area contributed by atoms with Crippen LogP contribution in [0.25, 0.3) is 16.8 Å². The van der Waals surface area contributed by atoms with Crippen LogP contribution in [0.1, 0.15) is 134 Å². The Morgan fingerprint density at radius 1 is 0.892 bits per heavy atom. The third-order valence-corrected chi connectivity index (χ3v) is 15.1. The zero-order valence-corrected chi connectivity index (χ0v) is 45.5. The molecular weight excluding hydrogens is 935 g/mol. The van der Waals surface area contributed by atoms with Gasteiger partial charge in [0.1, 0.15) is 17.7 Å². The minimum Gasteiger partial charge on any atom is -0.453 e. The van der Waals surface area contributed by atoms with Gasteiger partial charge in [-0.25, -0.2) is 14.8 Å². The van der Waals surface area contributed by atoms with Gasteiger partial charge in [-0.15, -0.1) is 0 Å². The van der Waals surface area contributed by atoms with Gasteiger partial charge in [-0.3, -0.25) is 9.59 Å². The number of alkyl carbamates (subject to hydrolysis) is 1. The Labute approximate surface area is 439 Å². The minimum absolute atomic E-state index is 0.00259. The van der Waals surface area contributed by atoms with E-state index >= 15 is 0 Å². The van der Waals surface area contributed by atoms with Crippen molar-refractivity contribution in [3.63, 3.8) is 0 Å². The predicted octanol–water partition coefficient (Wildman–Crippen LogP) is 8.98. The van der Waals surface area contributed by atoms with Crippen molar-refractivity contribution in [2.45, 2.75) is 142 Å². The largest absolute Gasteiger partial charge is 0.453 e. The number of methoxy groups -OCH3 is 2. The smallest absolute Gasteiger partial charge is 0.407 e. The molecule has 4 aromatic rings. The van der Waals surface area contributed by atoms with E-state index in [1.165, 1.54) is 18.2 Å². The molecule has 2 aromatic carbocycles. The Kier molecular flexibility index (Phi) is 19.0. The number of nitrogens with two attached hydrogens (primary N) is 1. The molecule has 16 heteroatoms. The summed E-state index contributed by atoms with van der Waals surface area (Å²) in [5.74, 6) is 1.39. The summed E-state index contributed by atoms with van der Waals surface area (Å²) in [5.41, 5.74) is 13.2. The maximum Gasteiger partial charge on any atom is 0.407 e. The Morgan fingerprint density at radius 2 is 1.62 bits per heavy atom. The normalized spacial score (nSPS) is 21.8. The van der Waals surface area contributed by atoms with E-state index < -0.39 is 18.2 Å². The summed E-state index contributed by atoms with van der Waals surface area (Å²) in [6.07, 6.45) is 15.5. The number of rotatable bonds is 23. The predicted molar refractivity (Wildman–Crippen MR) is 290 cm³/mol. The molecule has 3 amide bonds. The second-order valence-corrected chi connectivity index (χ2v) is 22.2. The first-order chi connectivity index (χ1) is 35.4. The van der Waals surface area contributed by atoms with Gasteiger partial charge >= 0.3 is 6.09 Å². The highest BCUT2D eigenvalue weighted by Gasteiger charge is 2.51. The zero-order chi connectivity index (χ0) is 53.2. The SMILES string of the molecule is COCCOCCO[C@@H]1C[C@@H](c2ccc(-c3cnc(CCCCNC(=O)[C@@H](N)C(C)C)[nH]3)cc2)N(c2ccc(C(C)(C)C)cc2)[C@@H]1C1(C)C=CC(c2cnc([C@@H]3CCCN3C(=O)[C@@H](NC(=O)OC)C(C)C)[nH]2)=CC1. The van der Waals surface area contributed by atoms with E-state index in [1.54, 1.807) is 7.11 Å². The van der Waals surface area contributed by atoms with Crippen molar-refractivity contribution in [3.05, 3.63) is 108 Å². The number of amides is 3. The van der Waals surface area contributed by atoms with E-state index in [0.29, 0.717) is 39.5 Å². The number of aromatic nitrogens is 4. The number of unbranched alkanes of at least 4 members (excludes halogenated alkanes) is 1. The Balaban J connectivity index is 1.12. The standard InChI is InChI=1S/C58H83N9O7/c1-37(2)50(59)54(68)60-28-12-11-15-49-61-35-44(63-49)39-16-18-41(19-17-39)47-34-48(74-33-32-73-31-30-71-9)52(67(47)43-22-20-42(21-23-43)57(5,6)7)58(8)26-24-40(25-27-58)45-36-62-53(64-45)46-14-13-29-66(46)55(69)51(38(3)4)65-56(70)72-10/h16-26,35-38,46-48,50-52H,11-15,27-34,59H2,1-10H3,(H,60,68)(H,61,63)(H,62,64)(H,65,70)/t46-,47-,48+,50-,51-,52-,58?/m0/s1. The van der Waals surface area contributed by atoms with E-state index in [2.05, 4.69) is 120 Å². The summed E-state index contributed by atoms with van der Waals surface area (Å²) in [5, 5.41) is 5.71. The molecule has 0 radical (unpaired) electrons. The number of allylic oxidation sites excluding steroid dienone is 3. The van der Waals surface area contributed by atoms with Crippen LogP contribution in [0.2, 0.25) is 0 Å². The number of benzene rings is 2. The molecule has 4 heterocycles. The van der Waals surface area contributed by atoms with Crippen molar-refractivity contribution in [1.82, 2.24) is 35.5 Å². The first kappa shape index (κ1) is 55.9. The molecule has 16 nitrogen and oxygen atoms in total. The fourth-order valence-electron chi connectivity index (χ4n) is 10.6. The van der Waals surface area contributed by atoms with Crippen molar-refractivity contribution in [3.8, 4) is 11.3 Å². The number of H-pyrrole nitrogens is 2. The van der Waals surface area contributed by atoms with Gasteiger partial charge in [0.2, 0.25) is 11.8 Å². The van der Waals surface area contributed by atoms with Crippen LogP contribution in [0.15, 0.2) is 79.2 Å². The number of imidazole rings is 2. The fraction of sp³-hybridized carbons (Fsp3) is 0.569. The molecule has 6 N–H and O–H groups in total. The number of carbonyl (C=O) groups is 3. The van der Waals surface area contributed by atoms with Gasteiger partial charge in [0, 0.05) is 44.1 Å². The molecule has 0 spiro atoms. The molecule has 2 aliphatic heterocycles. The molecule has 74 heavy (non-hydrogen) atoms. The van der Waals surface area contributed by atoms with Crippen LogP contribution < -0.4 is 21.3 Å². The van der Waals surface area contributed by atoms with E-state index in [1.807, 2.05) is 45.0 Å². The van der Waals surface area contributed by atoms with E-state index in [9.17, 15) is 14.4 Å². The second kappa shape index (κ2) is 25.1. The van der Waals surface area contributed by atoms with Crippen molar-refractivity contribution in [1.29, 1.82) is 0 Å². The van der Waals surface area contributed by atoms with Gasteiger partial charge in [0.25, 0.3) is 0 Å². The van der Waals surface area contributed by atoms with E-state index in [0.717, 1.165) is 84.8 Å². The number of likely N-dealkylation sites (tertiary alicyclic amines) is 1. The minimum atomic E-state index is -0.707. The summed E-state index contributed by atoms with van der Waals surface area (Å²) >= 11 is 0. The molecule has 2 fully saturated rings. The fourth-order valence-corrected chi connectivity index (χ4v) is 10.6. The molecular formula is C58H83N9O7. The highest BCUT2D eigenvalue weighted by molar-refractivity contribution is 5.86. The number of aryl methyl sites for hydroxylation is 1. The van der Waals surface area contributed by atoms with Crippen LogP contribution in [-0.2, 0) is 40.4 Å². The van der Waals surface area contributed by atoms with Crippen LogP contribution in [0.5, 0.6) is 0 Å². The van der Waals surface area contributed by atoms with Crippen molar-refractivity contribution in [2.24, 2.45) is 23.0 Å². The van der Waals surface area contributed by atoms with E-state index in [-0.39, 0.29) is 58.7 Å². The monoisotopic (exact) mass is 1020 g/mol. The van der Waals surface area contributed by atoms with Crippen LogP contribution in [0, 0.1) is 17.3 Å². The highest BCUT2D eigenvalue weighted by atomic mass is 16.5. The van der Waals surface area contributed by atoms with E-state index in [4.69, 9.17) is 34.6 Å². The molecule has 1 unspecified atom stereocenters. The summed E-state index contributed by atoms with van der Waals surface area (Å²) in [4.78, 5) is 59.5. The first-order valence-electron chi connectivity index (χ1n) is 26.8. The van der Waals surface area contributed by atoms with Crippen LogP contribution in [0.3, 0.4) is 0 Å². The number of ether oxygens (including phenoxy) is 4. The summed E-state index contributed by atoms with van der Waals surface area (Å²) in [7, 11) is 2.98. The van der Waals surface area contributed by atoms with Crippen molar-refractivity contribution in [2.75, 3.05) is 58.6 Å². The number of hydrogen-bond acceptors (Lipinski definition) is 11. The average Bonchev–Trinajstić information content (AvgIpc) is 4.23. The van der Waals surface area contributed by atoms with Gasteiger partial charge in [-0.05, 0) is 83.8 Å². The molecule has 7 rings (SSSR count). The quantitative estimate of drug-likeness (QED) is 0.0444. The van der Waals surface area contributed by atoms with Gasteiger partial charge in [-0.2, -0.15) is 0 Å². The molecule has 2 saturated heterocycles. The number of hydrogen-bond donors (Lipinski definition) is 5. The second-order valence-electron chi connectivity index (χ2n) is 22.2. The Hall–Kier alpha value is -5.81. The van der Waals surface area contributed by atoms with Gasteiger partial charge in [0.15, 0.2) is 0 Å². The van der Waals surface area contributed by atoms with Gasteiger partial charge in [-0.1, -0.05) is 110 Å². The third kappa shape index (κ3) is 13.5. The summed E-state index contributed by atoms with van der Waals surface area (Å²) in [6, 6.07) is 16.5. The van der Waals surface area contributed by atoms with Crippen molar-refractivity contribution >= 4 is 29.2 Å². The number of carbonyl (C=O) groups excluding carboxylic acids is 3. The number of aromatic amines is 2. The molecule has 2 aromatic heterocycles. The molecule has 402 valence electrons. The lowest BCUT2D eigenvalue weighted by Gasteiger charge is -2.44. The number of anilines is 1. The number of nitrogens with one attached hydrogen (secondary N) is 4. The zero-order valence-electron chi connectivity index (χ0n) is 45.5. The molecule has 0 bridgehead atoms. The third-order valence-electron chi connectivity index (χ3n) is 15.1. The van der Waals surface area contributed by atoms with Gasteiger partial charge < -0.3 is 55.1 Å². The topological polar surface area (TPSA) is 202 Å². The molecule has 3 aliphatic rings. The Bertz CT molecular complexity index is 2530. The average molecular weight is 1020 g/mol. The van der Waals surface area contributed by atoms with Crippen LogP contribution in [-0.4, -0.2) is 121 Å². The Morgan fingerprint density at radius 3 is 2.28 bits per heavy atom. The maximum atomic E-state index is 13.9. The van der Waals surface area contributed by atoms with Crippen LogP contribution in [0.4, 0.5) is 10.5 Å². The van der Waals surface area contributed by atoms with Crippen molar-refractivity contribution < 1.29 is 33.3 Å². The highest BCUT2D eigenvalue weighted by Crippen LogP contribution is 2.51. The van der Waals surface area contributed by atoms with Gasteiger partial charge in [0.05, 0.1) is 87.6 Å². The lowest BCUT2D eigenvalue weighted by molar-refractivity contribution is -0.135. The van der Waals surface area contributed by atoms with Crippen LogP contribution >= 0.6 is 0 Å². The summed E-state index contributed by atoms with van der Waals surface area (Å²) < 4.78 is 22.9. The molecule has 1 aliphatic carbocycles.